The van der Waals surface area contributed by atoms with Crippen molar-refractivity contribution in [3.63, 3.8) is 0 Å². The van der Waals surface area contributed by atoms with E-state index in [0.29, 0.717) is 13.0 Å². The van der Waals surface area contributed by atoms with E-state index < -0.39 is 0 Å². The predicted molar refractivity (Wildman–Crippen MR) is 62.3 cm³/mol. The maximum atomic E-state index is 11.9. The highest BCUT2D eigenvalue weighted by atomic mass is 16.5. The number of unbranched alkanes of at least 4 members (excludes halogenated alkanes) is 1. The van der Waals surface area contributed by atoms with Crippen molar-refractivity contribution in [3.8, 4) is 0 Å². The maximum absolute atomic E-state index is 11.9. The summed E-state index contributed by atoms with van der Waals surface area (Å²) in [4.78, 5) is 13.9. The van der Waals surface area contributed by atoms with E-state index in [1.54, 1.807) is 7.11 Å². The van der Waals surface area contributed by atoms with E-state index in [2.05, 4.69) is 0 Å². The molecule has 1 heterocycles. The Morgan fingerprint density at radius 2 is 2.19 bits per heavy atom. The predicted octanol–water partition coefficient (Wildman–Crippen LogP) is 1.44. The van der Waals surface area contributed by atoms with Gasteiger partial charge in [-0.1, -0.05) is 0 Å². The molecule has 1 aliphatic heterocycles. The van der Waals surface area contributed by atoms with Crippen molar-refractivity contribution in [2.24, 2.45) is 0 Å². The molecule has 1 saturated heterocycles. The minimum absolute atomic E-state index is 0.166. The molecule has 4 nitrogen and oxygen atoms in total. The number of amides is 1. The standard InChI is InChI=1S/C12H23NO3/c1-10-9-16-11(2)8-13(10)12(14)6-4-5-7-15-3/h10-11H,4-9H2,1-3H3/t10-,11+/m0/s1. The van der Waals surface area contributed by atoms with Gasteiger partial charge in [0.15, 0.2) is 0 Å². The normalized spacial score (nSPS) is 25.8. The Labute approximate surface area is 97.9 Å². The lowest BCUT2D eigenvalue weighted by molar-refractivity contribution is -0.143. The van der Waals surface area contributed by atoms with Gasteiger partial charge >= 0.3 is 0 Å². The van der Waals surface area contributed by atoms with Gasteiger partial charge < -0.3 is 14.4 Å². The van der Waals surface area contributed by atoms with Gasteiger partial charge in [-0.2, -0.15) is 0 Å². The van der Waals surface area contributed by atoms with E-state index in [1.165, 1.54) is 0 Å². The van der Waals surface area contributed by atoms with E-state index in [-0.39, 0.29) is 18.1 Å². The summed E-state index contributed by atoms with van der Waals surface area (Å²) in [6.45, 7) is 6.17. The minimum Gasteiger partial charge on any atom is -0.385 e. The number of hydrogen-bond acceptors (Lipinski definition) is 3. The first-order valence-corrected chi connectivity index (χ1v) is 6.05. The summed E-state index contributed by atoms with van der Waals surface area (Å²) in [5.41, 5.74) is 0. The second-order valence-corrected chi connectivity index (χ2v) is 4.49. The molecule has 0 spiro atoms. The van der Waals surface area contributed by atoms with Crippen molar-refractivity contribution >= 4 is 5.91 Å². The van der Waals surface area contributed by atoms with Gasteiger partial charge in [-0.15, -0.1) is 0 Å². The highest BCUT2D eigenvalue weighted by Gasteiger charge is 2.26. The molecule has 0 aromatic carbocycles. The third kappa shape index (κ3) is 4.10. The molecule has 0 unspecified atom stereocenters. The lowest BCUT2D eigenvalue weighted by Crippen LogP contribution is -2.50. The molecule has 1 rings (SSSR count). The second-order valence-electron chi connectivity index (χ2n) is 4.49. The fourth-order valence-electron chi connectivity index (χ4n) is 1.92. The van der Waals surface area contributed by atoms with Crippen LogP contribution in [0.15, 0.2) is 0 Å². The third-order valence-corrected chi connectivity index (χ3v) is 2.92. The zero-order valence-electron chi connectivity index (χ0n) is 10.6. The number of carbonyl (C=O) groups excluding carboxylic acids is 1. The van der Waals surface area contributed by atoms with Crippen molar-refractivity contribution in [1.82, 2.24) is 4.90 Å². The molecule has 2 atom stereocenters. The summed E-state index contributed by atoms with van der Waals surface area (Å²) in [6, 6.07) is 0.214. The maximum Gasteiger partial charge on any atom is 0.222 e. The van der Waals surface area contributed by atoms with Crippen LogP contribution in [0.4, 0.5) is 0 Å². The summed E-state index contributed by atoms with van der Waals surface area (Å²) in [5, 5.41) is 0. The molecule has 1 aliphatic rings. The monoisotopic (exact) mass is 229 g/mol. The molecule has 0 aromatic rings. The number of nitrogens with zero attached hydrogens (tertiary/aromatic N) is 1. The van der Waals surface area contributed by atoms with Gasteiger partial charge in [-0.05, 0) is 26.7 Å². The first kappa shape index (κ1) is 13.5. The Balaban J connectivity index is 2.28. The second kappa shape index (κ2) is 6.86. The number of rotatable bonds is 5. The molecule has 0 radical (unpaired) electrons. The van der Waals surface area contributed by atoms with Gasteiger partial charge in [0, 0.05) is 26.7 Å². The van der Waals surface area contributed by atoms with E-state index in [0.717, 1.165) is 26.0 Å². The zero-order valence-corrected chi connectivity index (χ0v) is 10.6. The molecule has 0 bridgehead atoms. The highest BCUT2D eigenvalue weighted by Crippen LogP contribution is 2.13. The molecular formula is C12H23NO3. The Kier molecular flexibility index (Phi) is 5.77. The van der Waals surface area contributed by atoms with Gasteiger partial charge in [0.1, 0.15) is 0 Å². The van der Waals surface area contributed by atoms with E-state index in [4.69, 9.17) is 9.47 Å². The van der Waals surface area contributed by atoms with Crippen LogP contribution in [0.3, 0.4) is 0 Å². The summed E-state index contributed by atoms with van der Waals surface area (Å²) in [7, 11) is 1.69. The van der Waals surface area contributed by atoms with Crippen LogP contribution in [0.5, 0.6) is 0 Å². The van der Waals surface area contributed by atoms with Crippen molar-refractivity contribution in [2.75, 3.05) is 26.9 Å². The Morgan fingerprint density at radius 3 is 2.88 bits per heavy atom. The average Bonchev–Trinajstić information content (AvgIpc) is 2.27. The smallest absolute Gasteiger partial charge is 0.222 e. The summed E-state index contributed by atoms with van der Waals surface area (Å²) < 4.78 is 10.5. The van der Waals surface area contributed by atoms with Crippen LogP contribution in [0.2, 0.25) is 0 Å². The number of morpholine rings is 1. The van der Waals surface area contributed by atoms with Crippen LogP contribution in [0.25, 0.3) is 0 Å². The van der Waals surface area contributed by atoms with Gasteiger partial charge in [-0.3, -0.25) is 4.79 Å². The number of hydrogen-bond donors (Lipinski definition) is 0. The highest BCUT2D eigenvalue weighted by molar-refractivity contribution is 5.76. The molecule has 1 amide bonds. The van der Waals surface area contributed by atoms with E-state index in [9.17, 15) is 4.79 Å². The van der Waals surface area contributed by atoms with Crippen LogP contribution < -0.4 is 0 Å². The lowest BCUT2D eigenvalue weighted by atomic mass is 10.1. The van der Waals surface area contributed by atoms with Gasteiger partial charge in [-0.25, -0.2) is 0 Å². The molecule has 0 saturated carbocycles. The molecular weight excluding hydrogens is 206 g/mol. The van der Waals surface area contributed by atoms with Gasteiger partial charge in [0.25, 0.3) is 0 Å². The Bertz CT molecular complexity index is 220. The number of carbonyl (C=O) groups is 1. The SMILES string of the molecule is COCCCCC(=O)N1C[C@@H](C)OC[C@@H]1C. The van der Waals surface area contributed by atoms with Crippen LogP contribution >= 0.6 is 0 Å². The minimum atomic E-state index is 0.166. The summed E-state index contributed by atoms with van der Waals surface area (Å²) in [6.07, 6.45) is 2.65. The van der Waals surface area contributed by atoms with Crippen LogP contribution in [-0.2, 0) is 14.3 Å². The molecule has 0 aliphatic carbocycles. The van der Waals surface area contributed by atoms with E-state index in [1.807, 2.05) is 18.7 Å². The van der Waals surface area contributed by atoms with Crippen molar-refractivity contribution in [2.45, 2.75) is 45.3 Å². The number of methoxy groups -OCH3 is 1. The molecule has 0 N–H and O–H groups in total. The Morgan fingerprint density at radius 1 is 1.44 bits per heavy atom. The molecule has 16 heavy (non-hydrogen) atoms. The van der Waals surface area contributed by atoms with Crippen molar-refractivity contribution in [1.29, 1.82) is 0 Å². The Hall–Kier alpha value is -0.610. The lowest BCUT2D eigenvalue weighted by Gasteiger charge is -2.36. The van der Waals surface area contributed by atoms with Crippen LogP contribution in [-0.4, -0.2) is 49.8 Å². The zero-order chi connectivity index (χ0) is 12.0. The van der Waals surface area contributed by atoms with Crippen LogP contribution in [0.1, 0.15) is 33.1 Å². The molecule has 94 valence electrons. The summed E-state index contributed by atoms with van der Waals surface area (Å²) in [5.74, 6) is 0.249. The fraction of sp³-hybridized carbons (Fsp3) is 0.917. The topological polar surface area (TPSA) is 38.8 Å². The molecule has 4 heteroatoms. The molecule has 1 fully saturated rings. The largest absolute Gasteiger partial charge is 0.385 e. The summed E-state index contributed by atoms with van der Waals surface area (Å²) >= 11 is 0. The third-order valence-electron chi connectivity index (χ3n) is 2.92. The van der Waals surface area contributed by atoms with Crippen molar-refractivity contribution in [3.05, 3.63) is 0 Å². The quantitative estimate of drug-likeness (QED) is 0.670. The first-order valence-electron chi connectivity index (χ1n) is 6.05. The number of ether oxygens (including phenoxy) is 2. The molecule has 0 aromatic heterocycles. The fourth-order valence-corrected chi connectivity index (χ4v) is 1.92. The van der Waals surface area contributed by atoms with Crippen molar-refractivity contribution < 1.29 is 14.3 Å². The van der Waals surface area contributed by atoms with Gasteiger partial charge in [0.2, 0.25) is 5.91 Å². The van der Waals surface area contributed by atoms with Gasteiger partial charge in [0.05, 0.1) is 18.8 Å². The average molecular weight is 229 g/mol. The van der Waals surface area contributed by atoms with E-state index >= 15 is 0 Å². The van der Waals surface area contributed by atoms with Crippen LogP contribution in [0, 0.1) is 0 Å². The first-order chi connectivity index (χ1) is 7.65.